The Morgan fingerprint density at radius 3 is 2.46 bits per heavy atom. The highest BCUT2D eigenvalue weighted by molar-refractivity contribution is 5.97. The summed E-state index contributed by atoms with van der Waals surface area (Å²) in [4.78, 5) is 26.6. The van der Waals surface area contributed by atoms with Crippen LogP contribution in [0.15, 0.2) is 18.2 Å². The van der Waals surface area contributed by atoms with Crippen LogP contribution in [0.3, 0.4) is 0 Å². The van der Waals surface area contributed by atoms with Gasteiger partial charge in [0.2, 0.25) is 5.91 Å². The number of carbonyl (C=O) groups excluding carboxylic acids is 2. The van der Waals surface area contributed by atoms with Gasteiger partial charge in [-0.2, -0.15) is 0 Å². The van der Waals surface area contributed by atoms with E-state index in [4.69, 9.17) is 9.47 Å². The number of ether oxygens (including phenoxy) is 2. The average molecular weight is 363 g/mol. The Hall–Kier alpha value is -2.28. The topological polar surface area (TPSA) is 79.9 Å². The van der Waals surface area contributed by atoms with E-state index >= 15 is 0 Å². The number of benzene rings is 1. The summed E-state index contributed by atoms with van der Waals surface area (Å²) < 4.78 is 10.3. The summed E-state index contributed by atoms with van der Waals surface area (Å²) in [5.74, 6) is 0.894. The van der Waals surface area contributed by atoms with Crippen LogP contribution in [0.1, 0.15) is 30.1 Å². The van der Waals surface area contributed by atoms with Crippen LogP contribution in [0.4, 0.5) is 0 Å². The van der Waals surface area contributed by atoms with Gasteiger partial charge in [-0.25, -0.2) is 0 Å². The first kappa shape index (κ1) is 20.0. The van der Waals surface area contributed by atoms with Crippen molar-refractivity contribution in [2.45, 2.75) is 19.8 Å². The van der Waals surface area contributed by atoms with Gasteiger partial charge in [-0.05, 0) is 50.0 Å². The Morgan fingerprint density at radius 2 is 1.81 bits per heavy atom. The molecule has 1 atom stereocenters. The lowest BCUT2D eigenvalue weighted by atomic mass is 10.1. The third-order valence-electron chi connectivity index (χ3n) is 4.47. The number of hydrogen-bond donors (Lipinski definition) is 2. The lowest BCUT2D eigenvalue weighted by molar-refractivity contribution is -0.120. The molecule has 144 valence electrons. The summed E-state index contributed by atoms with van der Waals surface area (Å²) in [6.07, 6.45) is 2.53. The molecular weight excluding hydrogens is 334 g/mol. The normalized spacial score (nSPS) is 15.3. The zero-order chi connectivity index (χ0) is 18.9. The minimum absolute atomic E-state index is 0.0520. The largest absolute Gasteiger partial charge is 0.493 e. The smallest absolute Gasteiger partial charge is 0.251 e. The number of amides is 2. The fraction of sp³-hybridized carbons (Fsp3) is 0.579. The van der Waals surface area contributed by atoms with Crippen LogP contribution >= 0.6 is 0 Å². The second-order valence-electron chi connectivity index (χ2n) is 6.67. The molecule has 2 N–H and O–H groups in total. The van der Waals surface area contributed by atoms with E-state index < -0.39 is 0 Å². The third-order valence-corrected chi connectivity index (χ3v) is 4.47. The summed E-state index contributed by atoms with van der Waals surface area (Å²) in [5, 5.41) is 5.51. The predicted octanol–water partition coefficient (Wildman–Crippen LogP) is 1.28. The highest BCUT2D eigenvalue weighted by Gasteiger charge is 2.16. The molecule has 1 unspecified atom stereocenters. The number of methoxy groups -OCH3 is 2. The first-order chi connectivity index (χ1) is 12.5. The first-order valence-corrected chi connectivity index (χ1v) is 9.02. The fourth-order valence-electron chi connectivity index (χ4n) is 3.06. The van der Waals surface area contributed by atoms with Crippen LogP contribution in [-0.2, 0) is 4.79 Å². The van der Waals surface area contributed by atoms with Crippen LogP contribution in [0, 0.1) is 5.92 Å². The van der Waals surface area contributed by atoms with Crippen molar-refractivity contribution in [2.24, 2.45) is 5.92 Å². The van der Waals surface area contributed by atoms with Crippen molar-refractivity contribution in [1.82, 2.24) is 15.5 Å². The third kappa shape index (κ3) is 5.91. The molecule has 26 heavy (non-hydrogen) atoms. The maximum absolute atomic E-state index is 12.2. The maximum Gasteiger partial charge on any atom is 0.251 e. The van der Waals surface area contributed by atoms with Crippen molar-refractivity contribution in [3.8, 4) is 11.5 Å². The van der Waals surface area contributed by atoms with Gasteiger partial charge in [0.05, 0.1) is 20.8 Å². The molecule has 0 radical (unpaired) electrons. The highest BCUT2D eigenvalue weighted by atomic mass is 16.5. The van der Waals surface area contributed by atoms with Gasteiger partial charge in [0, 0.05) is 18.7 Å². The quantitative estimate of drug-likeness (QED) is 0.691. The van der Waals surface area contributed by atoms with Crippen molar-refractivity contribution >= 4 is 11.8 Å². The Morgan fingerprint density at radius 1 is 1.12 bits per heavy atom. The van der Waals surface area contributed by atoms with Crippen molar-refractivity contribution in [1.29, 1.82) is 0 Å². The minimum Gasteiger partial charge on any atom is -0.493 e. The van der Waals surface area contributed by atoms with E-state index in [1.54, 1.807) is 18.2 Å². The second kappa shape index (κ2) is 10.0. The summed E-state index contributed by atoms with van der Waals surface area (Å²) >= 11 is 0. The van der Waals surface area contributed by atoms with Crippen LogP contribution < -0.4 is 20.1 Å². The van der Waals surface area contributed by atoms with Gasteiger partial charge >= 0.3 is 0 Å². The van der Waals surface area contributed by atoms with Crippen LogP contribution in [0.2, 0.25) is 0 Å². The predicted molar refractivity (Wildman–Crippen MR) is 99.7 cm³/mol. The standard InChI is InChI=1S/C19H29N3O4/c1-14(13-22-8-4-5-9-22)11-20-18(23)12-21-19(24)15-6-7-16(25-2)17(10-15)26-3/h6-7,10,14H,4-5,8-9,11-13H2,1-3H3,(H,20,23)(H,21,24). The number of carbonyl (C=O) groups is 2. The molecule has 2 amide bonds. The molecule has 1 fully saturated rings. The van der Waals surface area contributed by atoms with Crippen molar-refractivity contribution in [3.05, 3.63) is 23.8 Å². The summed E-state index contributed by atoms with van der Waals surface area (Å²) in [7, 11) is 3.04. The van der Waals surface area contributed by atoms with Gasteiger partial charge in [0.1, 0.15) is 0 Å². The Bertz CT molecular complexity index is 615. The monoisotopic (exact) mass is 363 g/mol. The summed E-state index contributed by atoms with van der Waals surface area (Å²) in [6, 6.07) is 4.88. The van der Waals surface area contributed by atoms with E-state index in [2.05, 4.69) is 22.5 Å². The highest BCUT2D eigenvalue weighted by Crippen LogP contribution is 2.27. The maximum atomic E-state index is 12.2. The van der Waals surface area contributed by atoms with E-state index in [9.17, 15) is 9.59 Å². The molecule has 1 aromatic rings. The summed E-state index contributed by atoms with van der Waals surface area (Å²) in [5.41, 5.74) is 0.415. The molecule has 7 heteroatoms. The van der Waals surface area contributed by atoms with Gasteiger partial charge in [0.15, 0.2) is 11.5 Å². The molecule has 0 spiro atoms. The number of nitrogens with one attached hydrogen (secondary N) is 2. The molecular formula is C19H29N3O4. The molecule has 0 saturated carbocycles. The molecule has 1 saturated heterocycles. The van der Waals surface area contributed by atoms with Gasteiger partial charge < -0.3 is 25.0 Å². The fourth-order valence-corrected chi connectivity index (χ4v) is 3.06. The van der Waals surface area contributed by atoms with Crippen LogP contribution in [0.25, 0.3) is 0 Å². The number of nitrogens with zero attached hydrogens (tertiary/aromatic N) is 1. The van der Waals surface area contributed by atoms with Crippen molar-refractivity contribution in [3.63, 3.8) is 0 Å². The van der Waals surface area contributed by atoms with Gasteiger partial charge in [-0.3, -0.25) is 9.59 Å². The van der Waals surface area contributed by atoms with E-state index in [0.29, 0.717) is 29.5 Å². The molecule has 0 aromatic heterocycles. The average Bonchev–Trinajstić information content (AvgIpc) is 3.16. The molecule has 2 rings (SSSR count). The van der Waals surface area contributed by atoms with E-state index in [1.165, 1.54) is 27.1 Å². The molecule has 0 aliphatic carbocycles. The Balaban J connectivity index is 1.73. The van der Waals surface area contributed by atoms with E-state index in [1.807, 2.05) is 0 Å². The van der Waals surface area contributed by atoms with Gasteiger partial charge in [-0.1, -0.05) is 6.92 Å². The zero-order valence-corrected chi connectivity index (χ0v) is 15.8. The van der Waals surface area contributed by atoms with Crippen LogP contribution in [-0.4, -0.2) is 63.7 Å². The Kier molecular flexibility index (Phi) is 7.72. The van der Waals surface area contributed by atoms with Gasteiger partial charge in [0.25, 0.3) is 5.91 Å². The lowest BCUT2D eigenvalue weighted by Gasteiger charge is -2.20. The Labute approximate surface area is 155 Å². The molecule has 1 aliphatic rings. The van der Waals surface area contributed by atoms with E-state index in [-0.39, 0.29) is 18.4 Å². The minimum atomic E-state index is -0.328. The number of likely N-dealkylation sites (tertiary alicyclic amines) is 1. The molecule has 0 bridgehead atoms. The number of hydrogen-bond acceptors (Lipinski definition) is 5. The molecule has 1 aliphatic heterocycles. The molecule has 1 aromatic carbocycles. The van der Waals surface area contributed by atoms with Crippen LogP contribution in [0.5, 0.6) is 11.5 Å². The van der Waals surface area contributed by atoms with E-state index in [0.717, 1.165) is 19.6 Å². The first-order valence-electron chi connectivity index (χ1n) is 9.02. The second-order valence-corrected chi connectivity index (χ2v) is 6.67. The van der Waals surface area contributed by atoms with Gasteiger partial charge in [-0.15, -0.1) is 0 Å². The molecule has 7 nitrogen and oxygen atoms in total. The van der Waals surface area contributed by atoms with Crippen molar-refractivity contribution in [2.75, 3.05) is 46.9 Å². The SMILES string of the molecule is COc1ccc(C(=O)NCC(=O)NCC(C)CN2CCCC2)cc1OC. The van der Waals surface area contributed by atoms with Crippen molar-refractivity contribution < 1.29 is 19.1 Å². The number of rotatable bonds is 9. The zero-order valence-electron chi connectivity index (χ0n) is 15.8. The molecule has 1 heterocycles. The summed E-state index contributed by atoms with van der Waals surface area (Å²) in [6.45, 7) is 5.99. The lowest BCUT2D eigenvalue weighted by Crippen LogP contribution is -2.40.